The maximum atomic E-state index is 12.0. The summed E-state index contributed by atoms with van der Waals surface area (Å²) in [4.78, 5) is 23.4. The summed E-state index contributed by atoms with van der Waals surface area (Å²) < 4.78 is 6.58. The fourth-order valence-electron chi connectivity index (χ4n) is 1.57. The first kappa shape index (κ1) is 11.8. The summed E-state index contributed by atoms with van der Waals surface area (Å²) in [6, 6.07) is 6.09. The maximum Gasteiger partial charge on any atom is 0.332 e. The average molecular weight is 253 g/mol. The van der Waals surface area contributed by atoms with Crippen LogP contribution in [0.2, 0.25) is 0 Å². The minimum atomic E-state index is -0.968. The second-order valence-electron chi connectivity index (χ2n) is 3.44. The molecule has 17 heavy (non-hydrogen) atoms. The van der Waals surface area contributed by atoms with E-state index >= 15 is 0 Å². The zero-order chi connectivity index (χ0) is 12.4. The first-order chi connectivity index (χ1) is 8.19. The summed E-state index contributed by atoms with van der Waals surface area (Å²) in [6.07, 6.45) is 0. The summed E-state index contributed by atoms with van der Waals surface area (Å²) >= 11 is 1.14. The van der Waals surface area contributed by atoms with Crippen LogP contribution in [-0.2, 0) is 9.53 Å². The molecule has 0 bridgehead atoms. The number of rotatable bonds is 3. The molecule has 0 saturated heterocycles. The Bertz CT molecular complexity index is 601. The van der Waals surface area contributed by atoms with E-state index in [4.69, 9.17) is 0 Å². The van der Waals surface area contributed by atoms with Gasteiger partial charge in [-0.05, 0) is 12.1 Å². The lowest BCUT2D eigenvalue weighted by Gasteiger charge is -2.10. The second-order valence-corrected chi connectivity index (χ2v) is 4.46. The Kier molecular flexibility index (Phi) is 3.26. The summed E-state index contributed by atoms with van der Waals surface area (Å²) in [5.41, 5.74) is -0.282. The molecule has 1 N–H and O–H groups in total. The number of esters is 1. The molecule has 0 unspecified atom stereocenters. The van der Waals surface area contributed by atoms with E-state index in [1.807, 2.05) is 6.07 Å². The molecular formula is C11H11NO4S. The van der Waals surface area contributed by atoms with Gasteiger partial charge in [0.2, 0.25) is 0 Å². The number of carbonyl (C=O) groups excluding carboxylic acids is 1. The van der Waals surface area contributed by atoms with Gasteiger partial charge in [-0.1, -0.05) is 23.7 Å². The molecule has 0 spiro atoms. The van der Waals surface area contributed by atoms with Crippen molar-refractivity contribution in [2.45, 2.75) is 6.04 Å². The van der Waals surface area contributed by atoms with Crippen molar-refractivity contribution in [3.8, 4) is 0 Å². The number of carbonyl (C=O) groups is 1. The SMILES string of the molecule is COC(=O)[C@H](CO)n1sc2ccccc2c1=O. The van der Waals surface area contributed by atoms with Gasteiger partial charge >= 0.3 is 5.97 Å². The average Bonchev–Trinajstić information content (AvgIpc) is 2.68. The number of nitrogens with zero attached hydrogens (tertiary/aromatic N) is 1. The summed E-state index contributed by atoms with van der Waals surface area (Å²) in [7, 11) is 1.23. The summed E-state index contributed by atoms with van der Waals surface area (Å²) in [5.74, 6) is -0.624. The first-order valence-corrected chi connectivity index (χ1v) is 5.75. The van der Waals surface area contributed by atoms with Gasteiger partial charge in [-0.2, -0.15) is 0 Å². The minimum absolute atomic E-state index is 0.282. The van der Waals surface area contributed by atoms with Crippen molar-refractivity contribution in [2.75, 3.05) is 13.7 Å². The normalized spacial score (nSPS) is 12.6. The van der Waals surface area contributed by atoms with E-state index in [9.17, 15) is 14.7 Å². The van der Waals surface area contributed by atoms with Crippen molar-refractivity contribution in [2.24, 2.45) is 0 Å². The molecule has 0 fully saturated rings. The molecule has 0 radical (unpaired) electrons. The quantitative estimate of drug-likeness (QED) is 0.820. The van der Waals surface area contributed by atoms with Gasteiger partial charge in [0.25, 0.3) is 5.56 Å². The smallest absolute Gasteiger partial charge is 0.332 e. The Morgan fingerprint density at radius 2 is 2.24 bits per heavy atom. The number of aromatic nitrogens is 1. The fourth-order valence-corrected chi connectivity index (χ4v) is 2.64. The van der Waals surface area contributed by atoms with Crippen molar-refractivity contribution in [1.29, 1.82) is 0 Å². The number of hydrogen-bond donors (Lipinski definition) is 1. The highest BCUT2D eigenvalue weighted by Crippen LogP contribution is 2.20. The summed E-state index contributed by atoms with van der Waals surface area (Å²) in [6.45, 7) is -0.459. The van der Waals surface area contributed by atoms with Gasteiger partial charge in [0.1, 0.15) is 0 Å². The van der Waals surface area contributed by atoms with Gasteiger partial charge in [0.15, 0.2) is 6.04 Å². The van der Waals surface area contributed by atoms with Crippen molar-refractivity contribution in [3.63, 3.8) is 0 Å². The molecule has 2 rings (SSSR count). The molecule has 0 aliphatic heterocycles. The maximum absolute atomic E-state index is 12.0. The Labute approximate surface area is 101 Å². The molecule has 2 aromatic rings. The predicted molar refractivity (Wildman–Crippen MR) is 64.2 cm³/mol. The Hall–Kier alpha value is -1.66. The number of ether oxygens (including phenoxy) is 1. The Morgan fingerprint density at radius 1 is 1.53 bits per heavy atom. The fraction of sp³-hybridized carbons (Fsp3) is 0.273. The van der Waals surface area contributed by atoms with Crippen LogP contribution >= 0.6 is 11.5 Å². The van der Waals surface area contributed by atoms with Crippen molar-refractivity contribution >= 4 is 27.6 Å². The number of fused-ring (bicyclic) bond motifs is 1. The van der Waals surface area contributed by atoms with Gasteiger partial charge in [-0.3, -0.25) is 4.79 Å². The molecule has 90 valence electrons. The van der Waals surface area contributed by atoms with Crippen LogP contribution < -0.4 is 5.56 Å². The molecule has 0 aliphatic rings. The number of aliphatic hydroxyl groups excluding tert-OH is 1. The van der Waals surface area contributed by atoms with Crippen LogP contribution in [0.1, 0.15) is 6.04 Å². The van der Waals surface area contributed by atoms with Crippen molar-refractivity contribution < 1.29 is 14.6 Å². The van der Waals surface area contributed by atoms with E-state index in [1.165, 1.54) is 11.1 Å². The molecule has 0 amide bonds. The van der Waals surface area contributed by atoms with E-state index in [2.05, 4.69) is 4.74 Å². The third-order valence-corrected chi connectivity index (χ3v) is 3.61. The molecule has 1 aromatic heterocycles. The van der Waals surface area contributed by atoms with Crippen molar-refractivity contribution in [3.05, 3.63) is 34.6 Å². The molecule has 5 nitrogen and oxygen atoms in total. The first-order valence-electron chi connectivity index (χ1n) is 4.98. The largest absolute Gasteiger partial charge is 0.467 e. The third-order valence-electron chi connectivity index (χ3n) is 2.44. The van der Waals surface area contributed by atoms with E-state index in [-0.39, 0.29) is 5.56 Å². The Morgan fingerprint density at radius 3 is 2.82 bits per heavy atom. The van der Waals surface area contributed by atoms with Gasteiger partial charge in [-0.25, -0.2) is 8.75 Å². The summed E-state index contributed by atoms with van der Waals surface area (Å²) in [5, 5.41) is 9.72. The van der Waals surface area contributed by atoms with Crippen LogP contribution in [0.15, 0.2) is 29.1 Å². The van der Waals surface area contributed by atoms with E-state index in [1.54, 1.807) is 18.2 Å². The minimum Gasteiger partial charge on any atom is -0.467 e. The molecule has 1 heterocycles. The van der Waals surface area contributed by atoms with Crippen LogP contribution in [-0.4, -0.2) is 28.7 Å². The van der Waals surface area contributed by atoms with Crippen LogP contribution in [0.4, 0.5) is 0 Å². The molecule has 1 atom stereocenters. The molecular weight excluding hydrogens is 242 g/mol. The molecule has 6 heteroatoms. The van der Waals surface area contributed by atoms with Gasteiger partial charge < -0.3 is 9.84 Å². The van der Waals surface area contributed by atoms with Crippen LogP contribution in [0.3, 0.4) is 0 Å². The van der Waals surface area contributed by atoms with Gasteiger partial charge in [0, 0.05) is 0 Å². The number of methoxy groups -OCH3 is 1. The van der Waals surface area contributed by atoms with Crippen LogP contribution in [0.25, 0.3) is 10.1 Å². The zero-order valence-corrected chi connectivity index (χ0v) is 9.94. The lowest BCUT2D eigenvalue weighted by molar-refractivity contribution is -0.145. The zero-order valence-electron chi connectivity index (χ0n) is 9.12. The highest BCUT2D eigenvalue weighted by molar-refractivity contribution is 7.14. The lowest BCUT2D eigenvalue weighted by Crippen LogP contribution is -2.29. The highest BCUT2D eigenvalue weighted by Gasteiger charge is 2.23. The van der Waals surface area contributed by atoms with Gasteiger partial charge in [0.05, 0.1) is 23.8 Å². The predicted octanol–water partition coefficient (Wildman–Crippen LogP) is 0.769. The van der Waals surface area contributed by atoms with Gasteiger partial charge in [-0.15, -0.1) is 0 Å². The third kappa shape index (κ3) is 1.96. The Balaban J connectivity index is 2.58. The van der Waals surface area contributed by atoms with Crippen LogP contribution in [0, 0.1) is 0 Å². The monoisotopic (exact) mass is 253 g/mol. The van der Waals surface area contributed by atoms with Crippen molar-refractivity contribution in [1.82, 2.24) is 3.96 Å². The van der Waals surface area contributed by atoms with E-state index in [0.29, 0.717) is 5.39 Å². The topological polar surface area (TPSA) is 68.5 Å². The molecule has 0 saturated carbocycles. The van der Waals surface area contributed by atoms with E-state index in [0.717, 1.165) is 16.2 Å². The molecule has 1 aromatic carbocycles. The standard InChI is InChI=1S/C11H11NO4S/c1-16-11(15)8(6-13)12-10(14)7-4-2-3-5-9(7)17-12/h2-5,8,13H,6H2,1H3/t8-/m0/s1. The number of aliphatic hydroxyl groups is 1. The molecule has 0 aliphatic carbocycles. The van der Waals surface area contributed by atoms with Crippen LogP contribution in [0.5, 0.6) is 0 Å². The second kappa shape index (κ2) is 4.68. The number of benzene rings is 1. The number of hydrogen-bond acceptors (Lipinski definition) is 5. The lowest BCUT2D eigenvalue weighted by atomic mass is 10.3. The highest BCUT2D eigenvalue weighted by atomic mass is 32.1. The van der Waals surface area contributed by atoms with E-state index < -0.39 is 18.6 Å².